The Morgan fingerprint density at radius 1 is 0.967 bits per heavy atom. The SMILES string of the molecule is COc1cc(C(=O)NNC(=O)c2c[nH]c3ccccc23)c([N+](=O)[O-])c(OC)c1OC. The Balaban J connectivity index is 1.91. The van der Waals surface area contributed by atoms with Gasteiger partial charge in [-0.15, -0.1) is 0 Å². The third-order valence-electron chi connectivity index (χ3n) is 4.35. The van der Waals surface area contributed by atoms with Crippen molar-refractivity contribution in [3.63, 3.8) is 0 Å². The quantitative estimate of drug-likeness (QED) is 0.414. The van der Waals surface area contributed by atoms with Gasteiger partial charge in [-0.3, -0.25) is 30.6 Å². The summed E-state index contributed by atoms with van der Waals surface area (Å²) in [4.78, 5) is 38.9. The number of benzene rings is 2. The molecule has 3 N–H and O–H groups in total. The maximum absolute atomic E-state index is 12.7. The second kappa shape index (κ2) is 8.39. The van der Waals surface area contributed by atoms with E-state index in [0.29, 0.717) is 10.9 Å². The topological polar surface area (TPSA) is 145 Å². The van der Waals surface area contributed by atoms with Crippen LogP contribution in [0.2, 0.25) is 0 Å². The van der Waals surface area contributed by atoms with Gasteiger partial charge in [0.15, 0.2) is 5.75 Å². The van der Waals surface area contributed by atoms with Crippen molar-refractivity contribution < 1.29 is 28.7 Å². The van der Waals surface area contributed by atoms with Crippen LogP contribution in [0.1, 0.15) is 20.7 Å². The summed E-state index contributed by atoms with van der Waals surface area (Å²) in [6.45, 7) is 0. The van der Waals surface area contributed by atoms with Gasteiger partial charge < -0.3 is 19.2 Å². The van der Waals surface area contributed by atoms with Gasteiger partial charge in [-0.05, 0) is 6.07 Å². The van der Waals surface area contributed by atoms with E-state index in [9.17, 15) is 19.7 Å². The molecular weight excluding hydrogens is 396 g/mol. The molecule has 1 aromatic heterocycles. The number of nitro benzene ring substituents is 1. The van der Waals surface area contributed by atoms with E-state index in [1.165, 1.54) is 27.5 Å². The largest absolute Gasteiger partial charge is 0.493 e. The number of hydrogen-bond acceptors (Lipinski definition) is 7. The molecule has 0 spiro atoms. The number of para-hydroxylation sites is 1. The number of methoxy groups -OCH3 is 3. The Kier molecular flexibility index (Phi) is 5.72. The van der Waals surface area contributed by atoms with Crippen LogP contribution in [0.4, 0.5) is 5.69 Å². The monoisotopic (exact) mass is 414 g/mol. The molecule has 0 radical (unpaired) electrons. The van der Waals surface area contributed by atoms with Crippen LogP contribution < -0.4 is 25.1 Å². The van der Waals surface area contributed by atoms with Gasteiger partial charge in [0.25, 0.3) is 11.8 Å². The third kappa shape index (κ3) is 3.55. The molecule has 0 bridgehead atoms. The molecule has 2 aromatic carbocycles. The normalized spacial score (nSPS) is 10.4. The van der Waals surface area contributed by atoms with E-state index >= 15 is 0 Å². The number of hydrogen-bond donors (Lipinski definition) is 3. The van der Waals surface area contributed by atoms with E-state index in [1.807, 2.05) is 6.07 Å². The van der Waals surface area contributed by atoms with Crippen LogP contribution in [0, 0.1) is 10.1 Å². The molecular formula is C19H18N4O7. The molecule has 156 valence electrons. The van der Waals surface area contributed by atoms with E-state index in [2.05, 4.69) is 15.8 Å². The van der Waals surface area contributed by atoms with E-state index in [0.717, 1.165) is 11.6 Å². The first-order chi connectivity index (χ1) is 14.4. The first-order valence-electron chi connectivity index (χ1n) is 8.57. The van der Waals surface area contributed by atoms with Gasteiger partial charge in [0.2, 0.25) is 11.5 Å². The lowest BCUT2D eigenvalue weighted by atomic mass is 10.1. The minimum Gasteiger partial charge on any atom is -0.493 e. The van der Waals surface area contributed by atoms with Crippen LogP contribution >= 0.6 is 0 Å². The summed E-state index contributed by atoms with van der Waals surface area (Å²) in [5, 5.41) is 12.3. The Labute approximate surface area is 170 Å². The number of hydrazine groups is 1. The lowest BCUT2D eigenvalue weighted by molar-refractivity contribution is -0.386. The van der Waals surface area contributed by atoms with Crippen molar-refractivity contribution >= 4 is 28.4 Å². The minimum absolute atomic E-state index is 0.0360. The molecule has 11 nitrogen and oxygen atoms in total. The Morgan fingerprint density at radius 3 is 2.20 bits per heavy atom. The van der Waals surface area contributed by atoms with Crippen LogP contribution in [-0.4, -0.2) is 43.1 Å². The van der Waals surface area contributed by atoms with Crippen molar-refractivity contribution in [1.29, 1.82) is 0 Å². The first-order valence-corrected chi connectivity index (χ1v) is 8.57. The fourth-order valence-electron chi connectivity index (χ4n) is 3.00. The highest BCUT2D eigenvalue weighted by Gasteiger charge is 2.32. The Hall–Kier alpha value is -4.28. The number of nitrogens with zero attached hydrogens (tertiary/aromatic N) is 1. The second-order valence-electron chi connectivity index (χ2n) is 5.95. The number of ether oxygens (including phenoxy) is 3. The number of fused-ring (bicyclic) bond motifs is 1. The van der Waals surface area contributed by atoms with E-state index in [1.54, 1.807) is 18.2 Å². The molecule has 1 heterocycles. The molecule has 2 amide bonds. The predicted octanol–water partition coefficient (Wildman–Crippen LogP) is 2.18. The summed E-state index contributed by atoms with van der Waals surface area (Å²) in [5.74, 6) is -1.81. The standard InChI is InChI=1S/C19H18N4O7/c1-28-14-8-11(15(23(26)27)17(30-3)16(14)29-2)18(24)21-22-19(25)12-9-20-13-7-5-4-6-10(12)13/h4-9,20H,1-3H3,(H,21,24)(H,22,25). The van der Waals surface area contributed by atoms with Gasteiger partial charge in [-0.2, -0.15) is 0 Å². The predicted molar refractivity (Wildman–Crippen MR) is 106 cm³/mol. The number of amides is 2. The van der Waals surface area contributed by atoms with E-state index < -0.39 is 22.4 Å². The number of carbonyl (C=O) groups excluding carboxylic acids is 2. The lowest BCUT2D eigenvalue weighted by Gasteiger charge is -2.15. The number of aromatic nitrogens is 1. The fraction of sp³-hybridized carbons (Fsp3) is 0.158. The maximum Gasteiger partial charge on any atom is 0.327 e. The zero-order valence-electron chi connectivity index (χ0n) is 16.3. The summed E-state index contributed by atoms with van der Waals surface area (Å²) >= 11 is 0. The molecule has 0 aliphatic heterocycles. The highest BCUT2D eigenvalue weighted by atomic mass is 16.6. The number of carbonyl (C=O) groups is 2. The van der Waals surface area contributed by atoms with Gasteiger partial charge in [0.05, 0.1) is 31.8 Å². The fourth-order valence-corrected chi connectivity index (χ4v) is 3.00. The van der Waals surface area contributed by atoms with Gasteiger partial charge in [0, 0.05) is 23.2 Å². The maximum atomic E-state index is 12.7. The molecule has 0 fully saturated rings. The zero-order valence-corrected chi connectivity index (χ0v) is 16.3. The number of H-pyrrole nitrogens is 1. The number of nitrogens with one attached hydrogen (secondary N) is 3. The average molecular weight is 414 g/mol. The number of rotatable bonds is 6. The highest BCUT2D eigenvalue weighted by molar-refractivity contribution is 6.08. The summed E-state index contributed by atoms with van der Waals surface area (Å²) in [6.07, 6.45) is 1.49. The van der Waals surface area contributed by atoms with Crippen molar-refractivity contribution in [2.24, 2.45) is 0 Å². The van der Waals surface area contributed by atoms with Gasteiger partial charge in [-0.1, -0.05) is 18.2 Å². The van der Waals surface area contributed by atoms with Crippen molar-refractivity contribution in [2.75, 3.05) is 21.3 Å². The smallest absolute Gasteiger partial charge is 0.327 e. The van der Waals surface area contributed by atoms with Crippen LogP contribution in [0.25, 0.3) is 10.9 Å². The Morgan fingerprint density at radius 2 is 1.60 bits per heavy atom. The molecule has 0 unspecified atom stereocenters. The molecule has 0 aliphatic carbocycles. The van der Waals surface area contributed by atoms with Gasteiger partial charge in [-0.25, -0.2) is 0 Å². The summed E-state index contributed by atoms with van der Waals surface area (Å²) in [5.41, 5.74) is 4.46. The Bertz CT molecular complexity index is 1140. The molecule has 0 saturated heterocycles. The van der Waals surface area contributed by atoms with Crippen molar-refractivity contribution in [2.45, 2.75) is 0 Å². The molecule has 0 atom stereocenters. The number of aromatic amines is 1. The first kappa shape index (κ1) is 20.5. The van der Waals surface area contributed by atoms with Gasteiger partial charge in [0.1, 0.15) is 5.56 Å². The van der Waals surface area contributed by atoms with Crippen molar-refractivity contribution in [3.05, 3.63) is 57.8 Å². The molecule has 30 heavy (non-hydrogen) atoms. The van der Waals surface area contributed by atoms with Crippen molar-refractivity contribution in [1.82, 2.24) is 15.8 Å². The third-order valence-corrected chi connectivity index (χ3v) is 4.35. The molecule has 11 heteroatoms. The van der Waals surface area contributed by atoms with Crippen molar-refractivity contribution in [3.8, 4) is 17.2 Å². The average Bonchev–Trinajstić information content (AvgIpc) is 3.19. The minimum atomic E-state index is -0.936. The highest BCUT2D eigenvalue weighted by Crippen LogP contribution is 2.46. The second-order valence-corrected chi connectivity index (χ2v) is 5.95. The molecule has 0 saturated carbocycles. The summed E-state index contributed by atoms with van der Waals surface area (Å²) < 4.78 is 15.3. The van der Waals surface area contributed by atoms with Crippen LogP contribution in [0.3, 0.4) is 0 Å². The van der Waals surface area contributed by atoms with Crippen LogP contribution in [0.15, 0.2) is 36.5 Å². The summed E-state index contributed by atoms with van der Waals surface area (Å²) in [7, 11) is 3.79. The van der Waals surface area contributed by atoms with Crippen LogP contribution in [-0.2, 0) is 0 Å². The zero-order chi connectivity index (χ0) is 21.8. The molecule has 3 aromatic rings. The molecule has 0 aliphatic rings. The molecule has 3 rings (SSSR count). The summed E-state index contributed by atoms with van der Waals surface area (Å²) in [6, 6.07) is 8.25. The lowest BCUT2D eigenvalue weighted by Crippen LogP contribution is -2.41. The van der Waals surface area contributed by atoms with Gasteiger partial charge >= 0.3 is 5.69 Å². The number of nitro groups is 1. The van der Waals surface area contributed by atoms with E-state index in [-0.39, 0.29) is 22.8 Å². The van der Waals surface area contributed by atoms with Crippen LogP contribution in [0.5, 0.6) is 17.2 Å². The van der Waals surface area contributed by atoms with E-state index in [4.69, 9.17) is 14.2 Å².